The molecule has 1 heterocycles. The highest BCUT2D eigenvalue weighted by Gasteiger charge is 2.25. The molecular formula is C14H17N3. The number of hydrogen-bond donors (Lipinski definition) is 0. The average molecular weight is 227 g/mol. The second-order valence-corrected chi connectivity index (χ2v) is 4.87. The van der Waals surface area contributed by atoms with Gasteiger partial charge in [-0.1, -0.05) is 29.8 Å². The van der Waals surface area contributed by atoms with Gasteiger partial charge < -0.3 is 4.57 Å². The lowest BCUT2D eigenvalue weighted by atomic mass is 10.1. The average Bonchev–Trinajstić information content (AvgIpc) is 3.08. The van der Waals surface area contributed by atoms with Gasteiger partial charge in [-0.3, -0.25) is 0 Å². The molecule has 2 aromatic rings. The summed E-state index contributed by atoms with van der Waals surface area (Å²) in [6.45, 7) is 2.12. The van der Waals surface area contributed by atoms with Crippen molar-refractivity contribution in [2.45, 2.75) is 38.6 Å². The predicted octanol–water partition coefficient (Wildman–Crippen LogP) is 2.71. The zero-order valence-electron chi connectivity index (χ0n) is 10.1. The van der Waals surface area contributed by atoms with Gasteiger partial charge in [0.1, 0.15) is 12.2 Å². The van der Waals surface area contributed by atoms with Crippen molar-refractivity contribution in [2.24, 2.45) is 0 Å². The molecule has 1 saturated carbocycles. The summed E-state index contributed by atoms with van der Waals surface area (Å²) in [5, 5.41) is 8.25. The standard InChI is InChI=1S/C14H17N3/c1-11-2-4-12(5-3-11)6-9-14-16-15-10-17(14)13-7-8-13/h2-5,10,13H,6-9H2,1H3. The van der Waals surface area contributed by atoms with Crippen LogP contribution in [0.4, 0.5) is 0 Å². The molecule has 0 atom stereocenters. The van der Waals surface area contributed by atoms with E-state index < -0.39 is 0 Å². The lowest BCUT2D eigenvalue weighted by Crippen LogP contribution is -2.02. The number of benzene rings is 1. The molecule has 3 rings (SSSR count). The van der Waals surface area contributed by atoms with E-state index in [0.717, 1.165) is 18.7 Å². The molecule has 17 heavy (non-hydrogen) atoms. The fourth-order valence-electron chi connectivity index (χ4n) is 2.11. The first-order valence-corrected chi connectivity index (χ1v) is 6.27. The van der Waals surface area contributed by atoms with Crippen molar-refractivity contribution >= 4 is 0 Å². The maximum absolute atomic E-state index is 4.22. The topological polar surface area (TPSA) is 30.7 Å². The Morgan fingerprint density at radius 1 is 1.18 bits per heavy atom. The van der Waals surface area contributed by atoms with Crippen LogP contribution in [0.15, 0.2) is 30.6 Å². The minimum Gasteiger partial charge on any atom is -0.314 e. The first-order chi connectivity index (χ1) is 8.33. The van der Waals surface area contributed by atoms with E-state index in [4.69, 9.17) is 0 Å². The number of aromatic nitrogens is 3. The summed E-state index contributed by atoms with van der Waals surface area (Å²) in [5.41, 5.74) is 2.69. The third-order valence-electron chi connectivity index (χ3n) is 3.35. The summed E-state index contributed by atoms with van der Waals surface area (Å²) in [4.78, 5) is 0. The van der Waals surface area contributed by atoms with E-state index in [1.165, 1.54) is 24.0 Å². The molecule has 1 aromatic heterocycles. The molecule has 88 valence electrons. The van der Waals surface area contributed by atoms with Crippen LogP contribution >= 0.6 is 0 Å². The molecule has 0 unspecified atom stereocenters. The molecule has 0 saturated heterocycles. The molecule has 1 aliphatic rings. The Kier molecular flexibility index (Phi) is 2.67. The fraction of sp³-hybridized carbons (Fsp3) is 0.429. The second kappa shape index (κ2) is 4.32. The minimum atomic E-state index is 0.679. The molecule has 0 amide bonds. The summed E-state index contributed by atoms with van der Waals surface area (Å²) in [7, 11) is 0. The summed E-state index contributed by atoms with van der Waals surface area (Å²) < 4.78 is 2.24. The van der Waals surface area contributed by atoms with Gasteiger partial charge in [-0.15, -0.1) is 10.2 Å². The number of aryl methyl sites for hydroxylation is 3. The van der Waals surface area contributed by atoms with Gasteiger partial charge in [0.2, 0.25) is 0 Å². The Bertz CT molecular complexity index is 494. The van der Waals surface area contributed by atoms with Gasteiger partial charge in [0.15, 0.2) is 0 Å². The van der Waals surface area contributed by atoms with Gasteiger partial charge in [0, 0.05) is 12.5 Å². The predicted molar refractivity (Wildman–Crippen MR) is 66.9 cm³/mol. The van der Waals surface area contributed by atoms with Crippen LogP contribution in [0.5, 0.6) is 0 Å². The molecular weight excluding hydrogens is 210 g/mol. The summed E-state index contributed by atoms with van der Waals surface area (Å²) in [5.74, 6) is 1.13. The lowest BCUT2D eigenvalue weighted by Gasteiger charge is -2.04. The van der Waals surface area contributed by atoms with Crippen molar-refractivity contribution in [1.29, 1.82) is 0 Å². The van der Waals surface area contributed by atoms with Crippen molar-refractivity contribution in [2.75, 3.05) is 0 Å². The van der Waals surface area contributed by atoms with Crippen LogP contribution in [0.25, 0.3) is 0 Å². The lowest BCUT2D eigenvalue weighted by molar-refractivity contribution is 0.673. The Morgan fingerprint density at radius 2 is 1.94 bits per heavy atom. The van der Waals surface area contributed by atoms with E-state index in [0.29, 0.717) is 6.04 Å². The highest BCUT2D eigenvalue weighted by Crippen LogP contribution is 2.35. The third kappa shape index (κ3) is 2.38. The zero-order chi connectivity index (χ0) is 11.7. The molecule has 0 bridgehead atoms. The van der Waals surface area contributed by atoms with Crippen LogP contribution in [0.1, 0.15) is 35.8 Å². The highest BCUT2D eigenvalue weighted by molar-refractivity contribution is 5.21. The van der Waals surface area contributed by atoms with E-state index in [1.54, 1.807) is 0 Å². The molecule has 3 nitrogen and oxygen atoms in total. The summed E-state index contributed by atoms with van der Waals surface area (Å²) in [6.07, 6.45) is 6.48. The summed E-state index contributed by atoms with van der Waals surface area (Å²) in [6, 6.07) is 9.42. The molecule has 0 aliphatic heterocycles. The van der Waals surface area contributed by atoms with Gasteiger partial charge in [0.05, 0.1) is 0 Å². The summed E-state index contributed by atoms with van der Waals surface area (Å²) >= 11 is 0. The van der Waals surface area contributed by atoms with Crippen LogP contribution < -0.4 is 0 Å². The van der Waals surface area contributed by atoms with E-state index in [-0.39, 0.29) is 0 Å². The largest absolute Gasteiger partial charge is 0.314 e. The second-order valence-electron chi connectivity index (χ2n) is 4.87. The molecule has 1 aromatic carbocycles. The third-order valence-corrected chi connectivity index (χ3v) is 3.35. The first kappa shape index (κ1) is 10.5. The van der Waals surface area contributed by atoms with Crippen molar-refractivity contribution in [3.05, 3.63) is 47.5 Å². The van der Waals surface area contributed by atoms with Crippen molar-refractivity contribution in [3.8, 4) is 0 Å². The van der Waals surface area contributed by atoms with Crippen LogP contribution in [-0.2, 0) is 12.8 Å². The van der Waals surface area contributed by atoms with E-state index in [9.17, 15) is 0 Å². The first-order valence-electron chi connectivity index (χ1n) is 6.27. The number of nitrogens with zero attached hydrogens (tertiary/aromatic N) is 3. The number of hydrogen-bond acceptors (Lipinski definition) is 2. The van der Waals surface area contributed by atoms with E-state index in [2.05, 4.69) is 46.0 Å². The number of rotatable bonds is 4. The Morgan fingerprint density at radius 3 is 2.65 bits per heavy atom. The molecule has 1 fully saturated rings. The van der Waals surface area contributed by atoms with Gasteiger partial charge >= 0.3 is 0 Å². The van der Waals surface area contributed by atoms with Crippen LogP contribution in [0.3, 0.4) is 0 Å². The van der Waals surface area contributed by atoms with Crippen LogP contribution in [-0.4, -0.2) is 14.8 Å². The molecule has 1 aliphatic carbocycles. The van der Waals surface area contributed by atoms with Gasteiger partial charge in [0.25, 0.3) is 0 Å². The maximum Gasteiger partial charge on any atom is 0.133 e. The van der Waals surface area contributed by atoms with E-state index >= 15 is 0 Å². The quantitative estimate of drug-likeness (QED) is 0.804. The van der Waals surface area contributed by atoms with Crippen molar-refractivity contribution in [1.82, 2.24) is 14.8 Å². The minimum absolute atomic E-state index is 0.679. The SMILES string of the molecule is Cc1ccc(CCc2nncn2C2CC2)cc1. The van der Waals surface area contributed by atoms with Crippen molar-refractivity contribution in [3.63, 3.8) is 0 Å². The Balaban J connectivity index is 1.67. The molecule has 0 N–H and O–H groups in total. The Labute approximate surface area is 101 Å². The van der Waals surface area contributed by atoms with E-state index in [1.807, 2.05) is 6.33 Å². The van der Waals surface area contributed by atoms with Crippen LogP contribution in [0, 0.1) is 6.92 Å². The highest BCUT2D eigenvalue weighted by atomic mass is 15.3. The molecule has 3 heteroatoms. The normalized spacial score (nSPS) is 15.1. The smallest absolute Gasteiger partial charge is 0.133 e. The van der Waals surface area contributed by atoms with Crippen molar-refractivity contribution < 1.29 is 0 Å². The fourth-order valence-corrected chi connectivity index (χ4v) is 2.11. The monoisotopic (exact) mass is 227 g/mol. The Hall–Kier alpha value is -1.64. The maximum atomic E-state index is 4.22. The van der Waals surface area contributed by atoms with Gasteiger partial charge in [-0.05, 0) is 31.7 Å². The molecule has 0 radical (unpaired) electrons. The zero-order valence-corrected chi connectivity index (χ0v) is 10.1. The molecule has 0 spiro atoms. The van der Waals surface area contributed by atoms with Gasteiger partial charge in [-0.2, -0.15) is 0 Å². The van der Waals surface area contributed by atoms with Gasteiger partial charge in [-0.25, -0.2) is 0 Å². The van der Waals surface area contributed by atoms with Crippen LogP contribution in [0.2, 0.25) is 0 Å².